The highest BCUT2D eigenvalue weighted by Gasteiger charge is 2.17. The number of ether oxygens (including phenoxy) is 1. The quantitative estimate of drug-likeness (QED) is 0.124. The summed E-state index contributed by atoms with van der Waals surface area (Å²) in [5.41, 5.74) is 1.16. The summed E-state index contributed by atoms with van der Waals surface area (Å²) in [4.78, 5) is 32.6. The van der Waals surface area contributed by atoms with Crippen molar-refractivity contribution in [1.29, 1.82) is 0 Å². The third-order valence-electron chi connectivity index (χ3n) is 5.83. The highest BCUT2D eigenvalue weighted by atomic mass is 79.9. The molecule has 0 radical (unpaired) electrons. The Labute approximate surface area is 228 Å². The number of fused-ring (bicyclic) bond motifs is 2. The Morgan fingerprint density at radius 3 is 2.64 bits per heavy atom. The Morgan fingerprint density at radius 2 is 1.85 bits per heavy atom. The summed E-state index contributed by atoms with van der Waals surface area (Å²) in [6, 6.07) is 24.2. The average Bonchev–Trinajstić information content (AvgIpc) is 3.38. The normalized spacial score (nSPS) is 11.4. The van der Waals surface area contributed by atoms with Gasteiger partial charge in [-0.15, -0.1) is 0 Å². The molecule has 0 saturated heterocycles. The number of pyridine rings is 1. The molecule has 3 aromatic carbocycles. The fraction of sp³-hybridized carbons (Fsp3) is 0. The van der Waals surface area contributed by atoms with Gasteiger partial charge < -0.3 is 9.15 Å². The molecular formula is C28H16BrN5O5. The Kier molecular flexibility index (Phi) is 6.17. The Bertz CT molecular complexity index is 1930. The van der Waals surface area contributed by atoms with Crippen LogP contribution in [0.5, 0.6) is 11.6 Å². The fourth-order valence-corrected chi connectivity index (χ4v) is 4.35. The van der Waals surface area contributed by atoms with Crippen molar-refractivity contribution in [2.75, 3.05) is 0 Å². The first kappa shape index (κ1) is 24.2. The molecule has 11 heteroatoms. The van der Waals surface area contributed by atoms with Gasteiger partial charge >= 0.3 is 0 Å². The molecule has 0 amide bonds. The van der Waals surface area contributed by atoms with E-state index in [-0.39, 0.29) is 23.0 Å². The van der Waals surface area contributed by atoms with Crippen LogP contribution in [0.15, 0.2) is 110 Å². The van der Waals surface area contributed by atoms with Crippen LogP contribution in [0.3, 0.4) is 0 Å². The molecule has 3 aromatic heterocycles. The zero-order chi connectivity index (χ0) is 26.9. The first-order valence-corrected chi connectivity index (χ1v) is 12.4. The molecule has 0 aliphatic rings. The molecule has 0 unspecified atom stereocenters. The van der Waals surface area contributed by atoms with Gasteiger partial charge in [0.15, 0.2) is 5.76 Å². The number of nitrogens with zero attached hydrogens (tertiary/aromatic N) is 5. The summed E-state index contributed by atoms with van der Waals surface area (Å²) in [6.07, 6.45) is 2.58. The fourth-order valence-electron chi connectivity index (χ4n) is 3.97. The molecule has 0 bridgehead atoms. The van der Waals surface area contributed by atoms with Gasteiger partial charge in [0.25, 0.3) is 11.2 Å². The third kappa shape index (κ3) is 4.78. The molecule has 0 N–H and O–H groups in total. The number of para-hydroxylation sites is 2. The van der Waals surface area contributed by atoms with Crippen molar-refractivity contribution < 1.29 is 14.1 Å². The van der Waals surface area contributed by atoms with E-state index in [0.29, 0.717) is 33.6 Å². The van der Waals surface area contributed by atoms with Crippen molar-refractivity contribution in [1.82, 2.24) is 14.6 Å². The van der Waals surface area contributed by atoms with Crippen LogP contribution in [0.1, 0.15) is 5.56 Å². The van der Waals surface area contributed by atoms with Crippen molar-refractivity contribution in [2.24, 2.45) is 5.10 Å². The lowest BCUT2D eigenvalue weighted by Gasteiger charge is -2.09. The topological polar surface area (TPSA) is 126 Å². The van der Waals surface area contributed by atoms with Gasteiger partial charge in [-0.3, -0.25) is 14.9 Å². The summed E-state index contributed by atoms with van der Waals surface area (Å²) in [5.74, 6) is 1.15. The predicted molar refractivity (Wildman–Crippen MR) is 149 cm³/mol. The number of rotatable bonds is 6. The van der Waals surface area contributed by atoms with Crippen LogP contribution in [0.2, 0.25) is 0 Å². The summed E-state index contributed by atoms with van der Waals surface area (Å²) in [7, 11) is 0. The lowest BCUT2D eigenvalue weighted by molar-refractivity contribution is -0.385. The van der Waals surface area contributed by atoms with Crippen molar-refractivity contribution in [3.63, 3.8) is 0 Å². The molecule has 0 fully saturated rings. The van der Waals surface area contributed by atoms with Gasteiger partial charge in [0, 0.05) is 27.6 Å². The van der Waals surface area contributed by atoms with Crippen molar-refractivity contribution in [3.05, 3.63) is 122 Å². The van der Waals surface area contributed by atoms with Gasteiger partial charge in [0.05, 0.1) is 22.0 Å². The first-order chi connectivity index (χ1) is 19.0. The number of aromatic nitrogens is 3. The SMILES string of the molecule is O=c1c2ccccc2nc(-c2cc3ccccc3o2)n1N=Cc1cc(Br)ccc1Oc1ccc([N+](=O)[O-])cn1. The molecule has 0 atom stereocenters. The van der Waals surface area contributed by atoms with Gasteiger partial charge in [0.1, 0.15) is 17.5 Å². The van der Waals surface area contributed by atoms with Crippen LogP contribution < -0.4 is 10.3 Å². The summed E-state index contributed by atoms with van der Waals surface area (Å²) >= 11 is 3.45. The largest absolute Gasteiger partial charge is 0.453 e. The van der Waals surface area contributed by atoms with Crippen LogP contribution in [0, 0.1) is 10.1 Å². The summed E-state index contributed by atoms with van der Waals surface area (Å²) in [5, 5.41) is 16.7. The van der Waals surface area contributed by atoms with Crippen LogP contribution in [0.4, 0.5) is 5.69 Å². The highest BCUT2D eigenvalue weighted by molar-refractivity contribution is 9.10. The second-order valence-corrected chi connectivity index (χ2v) is 9.27. The van der Waals surface area contributed by atoms with E-state index in [2.05, 4.69) is 26.0 Å². The lowest BCUT2D eigenvalue weighted by atomic mass is 10.2. The van der Waals surface area contributed by atoms with Crippen molar-refractivity contribution >= 4 is 49.7 Å². The Balaban J connectivity index is 1.45. The smallest absolute Gasteiger partial charge is 0.287 e. The Morgan fingerprint density at radius 1 is 1.03 bits per heavy atom. The zero-order valence-electron chi connectivity index (χ0n) is 19.9. The molecule has 0 aliphatic carbocycles. The van der Waals surface area contributed by atoms with E-state index in [1.54, 1.807) is 36.4 Å². The van der Waals surface area contributed by atoms with Gasteiger partial charge in [-0.25, -0.2) is 9.97 Å². The standard InChI is InChI=1S/C28H16BrN5O5/c29-19-9-11-24(39-26-12-10-20(16-30-26)34(36)37)18(13-19)15-31-33-27(25-14-17-5-1-4-8-23(17)38-25)32-22-7-3-2-6-21(22)28(33)35/h1-16H. The minimum atomic E-state index is -0.538. The van der Waals surface area contributed by atoms with Gasteiger partial charge in [-0.1, -0.05) is 46.3 Å². The molecule has 39 heavy (non-hydrogen) atoms. The number of halogens is 1. The third-order valence-corrected chi connectivity index (χ3v) is 6.32. The van der Waals surface area contributed by atoms with Crippen molar-refractivity contribution in [3.8, 4) is 23.2 Å². The number of nitro groups is 1. The maximum atomic E-state index is 13.6. The lowest BCUT2D eigenvalue weighted by Crippen LogP contribution is -2.20. The van der Waals surface area contributed by atoms with E-state index in [0.717, 1.165) is 16.1 Å². The van der Waals surface area contributed by atoms with Gasteiger partial charge in [-0.05, 0) is 42.5 Å². The van der Waals surface area contributed by atoms with E-state index in [4.69, 9.17) is 14.1 Å². The molecule has 6 rings (SSSR count). The van der Waals surface area contributed by atoms with Gasteiger partial charge in [-0.2, -0.15) is 9.78 Å². The average molecular weight is 582 g/mol. The molecule has 0 aliphatic heterocycles. The number of furan rings is 1. The maximum Gasteiger partial charge on any atom is 0.287 e. The monoisotopic (exact) mass is 581 g/mol. The second-order valence-electron chi connectivity index (χ2n) is 8.36. The molecule has 3 heterocycles. The minimum Gasteiger partial charge on any atom is -0.453 e. The predicted octanol–water partition coefficient (Wildman–Crippen LogP) is 6.55. The summed E-state index contributed by atoms with van der Waals surface area (Å²) in [6.45, 7) is 0. The van der Waals surface area contributed by atoms with E-state index in [9.17, 15) is 14.9 Å². The molecule has 0 spiro atoms. The highest BCUT2D eigenvalue weighted by Crippen LogP contribution is 2.29. The molecule has 6 aromatic rings. The molecule has 10 nitrogen and oxygen atoms in total. The molecule has 0 saturated carbocycles. The van der Waals surface area contributed by atoms with Crippen LogP contribution in [-0.2, 0) is 0 Å². The molecule has 190 valence electrons. The number of hydrogen-bond donors (Lipinski definition) is 0. The van der Waals surface area contributed by atoms with Gasteiger partial charge in [0.2, 0.25) is 11.7 Å². The number of benzene rings is 3. The minimum absolute atomic E-state index is 0.152. The van der Waals surface area contributed by atoms with Crippen LogP contribution in [-0.4, -0.2) is 25.8 Å². The maximum absolute atomic E-state index is 13.6. The van der Waals surface area contributed by atoms with E-state index >= 15 is 0 Å². The first-order valence-electron chi connectivity index (χ1n) is 11.6. The number of hydrogen-bond acceptors (Lipinski definition) is 8. The second kappa shape index (κ2) is 9.95. The summed E-state index contributed by atoms with van der Waals surface area (Å²) < 4.78 is 13.8. The van der Waals surface area contributed by atoms with E-state index < -0.39 is 4.92 Å². The molecular weight excluding hydrogens is 566 g/mol. The van der Waals surface area contributed by atoms with Crippen LogP contribution in [0.25, 0.3) is 33.5 Å². The van der Waals surface area contributed by atoms with Crippen LogP contribution >= 0.6 is 15.9 Å². The van der Waals surface area contributed by atoms with Crippen molar-refractivity contribution in [2.45, 2.75) is 0 Å². The van der Waals surface area contributed by atoms with E-state index in [1.807, 2.05) is 36.4 Å². The van der Waals surface area contributed by atoms with E-state index in [1.165, 1.54) is 23.0 Å². The zero-order valence-corrected chi connectivity index (χ0v) is 21.5. The Hall–Kier alpha value is -5.16.